The molecule has 2 nitrogen and oxygen atoms in total. The van der Waals surface area contributed by atoms with Gasteiger partial charge in [0.2, 0.25) is 0 Å². The van der Waals surface area contributed by atoms with Gasteiger partial charge in [-0.05, 0) is 78.0 Å². The molecule has 0 aliphatic heterocycles. The molecular weight excluding hydrogens is 522 g/mol. The Kier molecular flexibility index (Phi) is 5.00. The van der Waals surface area contributed by atoms with Gasteiger partial charge in [-0.15, -0.1) is 0 Å². The molecule has 0 aliphatic carbocycles. The first-order valence-electron chi connectivity index (χ1n) is 14.5. The van der Waals surface area contributed by atoms with E-state index in [1.54, 1.807) is 0 Å². The van der Waals surface area contributed by atoms with Crippen molar-refractivity contribution < 1.29 is 4.42 Å². The summed E-state index contributed by atoms with van der Waals surface area (Å²) in [5.74, 6) is 0. The molecule has 0 fully saturated rings. The highest BCUT2D eigenvalue weighted by molar-refractivity contribution is 6.25. The number of nitrogens with zero attached hydrogens (tertiary/aromatic N) is 1. The van der Waals surface area contributed by atoms with Crippen LogP contribution in [0.15, 0.2) is 144 Å². The van der Waals surface area contributed by atoms with Gasteiger partial charge in [-0.3, -0.25) is 0 Å². The Morgan fingerprint density at radius 3 is 1.60 bits per heavy atom. The molecule has 9 aromatic rings. The average Bonchev–Trinajstić information content (AvgIpc) is 3.44. The monoisotopic (exact) mass is 545 g/mol. The lowest BCUT2D eigenvalue weighted by Crippen LogP contribution is -1.89. The zero-order chi connectivity index (χ0) is 28.5. The summed E-state index contributed by atoms with van der Waals surface area (Å²) in [5, 5.41) is 11.5. The minimum absolute atomic E-state index is 0.677. The van der Waals surface area contributed by atoms with Gasteiger partial charge < -0.3 is 4.42 Å². The van der Waals surface area contributed by atoms with Crippen molar-refractivity contribution in [2.45, 2.75) is 0 Å². The van der Waals surface area contributed by atoms with Crippen molar-refractivity contribution >= 4 is 70.7 Å². The predicted molar refractivity (Wildman–Crippen MR) is 181 cm³/mol. The molecule has 1 heterocycles. The van der Waals surface area contributed by atoms with Gasteiger partial charge in [0, 0.05) is 16.3 Å². The normalized spacial score (nSPS) is 11.7. The fourth-order valence-corrected chi connectivity index (χ4v) is 6.90. The van der Waals surface area contributed by atoms with Crippen LogP contribution in [0.3, 0.4) is 0 Å². The fourth-order valence-electron chi connectivity index (χ4n) is 6.90. The molecule has 0 atom stereocenters. The van der Waals surface area contributed by atoms with Gasteiger partial charge in [-0.25, -0.2) is 4.85 Å². The topological polar surface area (TPSA) is 17.5 Å². The molecule has 0 unspecified atom stereocenters. The van der Waals surface area contributed by atoms with E-state index in [-0.39, 0.29) is 0 Å². The summed E-state index contributed by atoms with van der Waals surface area (Å²) in [5.41, 5.74) is 7.00. The number of fused-ring (bicyclic) bond motifs is 8. The summed E-state index contributed by atoms with van der Waals surface area (Å²) in [7, 11) is 0. The van der Waals surface area contributed by atoms with Crippen LogP contribution in [0.1, 0.15) is 0 Å². The van der Waals surface area contributed by atoms with E-state index in [2.05, 4.69) is 120 Å². The molecule has 2 heteroatoms. The summed E-state index contributed by atoms with van der Waals surface area (Å²) in [4.78, 5) is 3.78. The smallest absolute Gasteiger partial charge is 0.194 e. The van der Waals surface area contributed by atoms with Crippen molar-refractivity contribution in [2.75, 3.05) is 0 Å². The van der Waals surface area contributed by atoms with Crippen LogP contribution in [0.2, 0.25) is 0 Å². The number of rotatable bonds is 2. The van der Waals surface area contributed by atoms with Gasteiger partial charge in [-0.1, -0.05) is 121 Å². The van der Waals surface area contributed by atoms with Crippen LogP contribution in [-0.2, 0) is 0 Å². The van der Waals surface area contributed by atoms with E-state index < -0.39 is 0 Å². The van der Waals surface area contributed by atoms with Gasteiger partial charge in [0.05, 0.1) is 6.57 Å². The van der Waals surface area contributed by atoms with Crippen molar-refractivity contribution in [2.24, 2.45) is 0 Å². The lowest BCUT2D eigenvalue weighted by atomic mass is 9.88. The molecule has 43 heavy (non-hydrogen) atoms. The van der Waals surface area contributed by atoms with Crippen LogP contribution < -0.4 is 0 Å². The van der Waals surface area contributed by atoms with Crippen molar-refractivity contribution in [1.82, 2.24) is 0 Å². The van der Waals surface area contributed by atoms with Crippen LogP contribution in [0.5, 0.6) is 0 Å². The van der Waals surface area contributed by atoms with Gasteiger partial charge in [0.1, 0.15) is 11.2 Å². The summed E-state index contributed by atoms with van der Waals surface area (Å²) in [6.07, 6.45) is 0. The maximum Gasteiger partial charge on any atom is 0.194 e. The van der Waals surface area contributed by atoms with E-state index in [1.807, 2.05) is 24.3 Å². The van der Waals surface area contributed by atoms with Crippen LogP contribution in [-0.4, -0.2) is 0 Å². The Hall–Kier alpha value is -5.91. The van der Waals surface area contributed by atoms with Crippen molar-refractivity contribution in [1.29, 1.82) is 0 Å². The van der Waals surface area contributed by atoms with E-state index in [0.29, 0.717) is 5.69 Å². The number of benzene rings is 8. The second-order valence-corrected chi connectivity index (χ2v) is 11.1. The highest BCUT2D eigenvalue weighted by Gasteiger charge is 2.19. The van der Waals surface area contributed by atoms with Crippen LogP contribution in [0, 0.1) is 6.57 Å². The predicted octanol–water partition coefficient (Wildman–Crippen LogP) is 12.1. The second kappa shape index (κ2) is 9.05. The lowest BCUT2D eigenvalue weighted by Gasteiger charge is -2.15. The van der Waals surface area contributed by atoms with Crippen LogP contribution in [0.25, 0.3) is 92.1 Å². The SMILES string of the molecule is [C-]#[N+]c1ccc(-c2ccc(-c3cc4ccccc4c4c3oc3cc5ccccc5cc34)c3ccccc23)c2ccccc12. The molecule has 0 saturated carbocycles. The fraction of sp³-hybridized carbons (Fsp3) is 0. The van der Waals surface area contributed by atoms with Crippen LogP contribution >= 0.6 is 0 Å². The standard InChI is InChI=1S/C41H23NO/c1-42-38-21-20-33(31-16-8-9-17-35(31)38)32-18-19-34(30-15-7-6-14-29(30)32)36-23-27-12-4-5-13-28(27)40-37-22-25-10-2-3-11-26(25)24-39(37)43-41(36)40/h2-24H. The highest BCUT2D eigenvalue weighted by Crippen LogP contribution is 2.45. The molecule has 0 amide bonds. The average molecular weight is 546 g/mol. The first kappa shape index (κ1) is 23.8. The summed E-state index contributed by atoms with van der Waals surface area (Å²) < 4.78 is 6.77. The number of furan rings is 1. The zero-order valence-corrected chi connectivity index (χ0v) is 23.1. The van der Waals surface area contributed by atoms with Gasteiger partial charge in [0.15, 0.2) is 5.69 Å². The Morgan fingerprint density at radius 2 is 0.930 bits per heavy atom. The Morgan fingerprint density at radius 1 is 0.419 bits per heavy atom. The summed E-state index contributed by atoms with van der Waals surface area (Å²) >= 11 is 0. The summed E-state index contributed by atoms with van der Waals surface area (Å²) in [6.45, 7) is 7.68. The van der Waals surface area contributed by atoms with Crippen molar-refractivity contribution in [3.8, 4) is 22.3 Å². The maximum atomic E-state index is 7.68. The van der Waals surface area contributed by atoms with Gasteiger partial charge in [-0.2, -0.15) is 0 Å². The quantitative estimate of drug-likeness (QED) is 0.198. The summed E-state index contributed by atoms with van der Waals surface area (Å²) in [6, 6.07) is 49.1. The molecular formula is C41H23NO. The second-order valence-electron chi connectivity index (χ2n) is 11.1. The minimum Gasteiger partial charge on any atom is -0.455 e. The van der Waals surface area contributed by atoms with E-state index in [0.717, 1.165) is 55.0 Å². The molecule has 0 saturated heterocycles. The molecule has 1 aromatic heterocycles. The first-order valence-corrected chi connectivity index (χ1v) is 14.5. The molecule has 0 bridgehead atoms. The molecule has 0 aliphatic rings. The van der Waals surface area contributed by atoms with Gasteiger partial charge in [0.25, 0.3) is 0 Å². The maximum absolute atomic E-state index is 7.68. The Bertz CT molecular complexity index is 2630. The van der Waals surface area contributed by atoms with E-state index in [1.165, 1.54) is 32.3 Å². The first-order chi connectivity index (χ1) is 21.3. The minimum atomic E-state index is 0.677. The molecule has 8 aromatic carbocycles. The third kappa shape index (κ3) is 3.46. The molecule has 0 radical (unpaired) electrons. The van der Waals surface area contributed by atoms with Crippen LogP contribution in [0.4, 0.5) is 5.69 Å². The zero-order valence-electron chi connectivity index (χ0n) is 23.1. The molecule has 0 spiro atoms. The van der Waals surface area contributed by atoms with E-state index >= 15 is 0 Å². The molecule has 9 rings (SSSR count). The third-order valence-electron chi connectivity index (χ3n) is 8.86. The van der Waals surface area contributed by atoms with Crippen molar-refractivity contribution in [3.63, 3.8) is 0 Å². The van der Waals surface area contributed by atoms with E-state index in [9.17, 15) is 0 Å². The lowest BCUT2D eigenvalue weighted by molar-refractivity contribution is 0.671. The molecule has 198 valence electrons. The highest BCUT2D eigenvalue weighted by atomic mass is 16.3. The van der Waals surface area contributed by atoms with E-state index in [4.69, 9.17) is 11.0 Å². The van der Waals surface area contributed by atoms with Crippen molar-refractivity contribution in [3.05, 3.63) is 151 Å². The molecule has 0 N–H and O–H groups in total. The Balaban J connectivity index is 1.37. The number of hydrogen-bond donors (Lipinski definition) is 0. The largest absolute Gasteiger partial charge is 0.455 e. The third-order valence-corrected chi connectivity index (χ3v) is 8.86. The Labute approximate surface area is 247 Å². The van der Waals surface area contributed by atoms with Gasteiger partial charge >= 0.3 is 0 Å². The number of hydrogen-bond acceptors (Lipinski definition) is 1.